The van der Waals surface area contributed by atoms with Gasteiger partial charge in [-0.05, 0) is 24.3 Å². The van der Waals surface area contributed by atoms with E-state index in [0.29, 0.717) is 24.3 Å². The molecule has 2 unspecified atom stereocenters. The number of benzene rings is 1. The minimum atomic E-state index is -0.807. The molecule has 1 aromatic carbocycles. The van der Waals surface area contributed by atoms with Crippen molar-refractivity contribution >= 4 is 11.6 Å². The van der Waals surface area contributed by atoms with Gasteiger partial charge in [-0.3, -0.25) is 14.9 Å². The fourth-order valence-electron chi connectivity index (χ4n) is 2.94. The van der Waals surface area contributed by atoms with Crippen molar-refractivity contribution in [1.29, 1.82) is 0 Å². The van der Waals surface area contributed by atoms with Crippen molar-refractivity contribution in [2.24, 2.45) is 11.7 Å². The van der Waals surface area contributed by atoms with Crippen LogP contribution in [0.15, 0.2) is 24.3 Å². The van der Waals surface area contributed by atoms with E-state index >= 15 is 0 Å². The van der Waals surface area contributed by atoms with Gasteiger partial charge in [-0.15, -0.1) is 0 Å². The first-order chi connectivity index (χ1) is 9.90. The molecule has 2 atom stereocenters. The Morgan fingerprint density at radius 3 is 3.00 bits per heavy atom. The van der Waals surface area contributed by atoms with E-state index in [4.69, 9.17) is 5.73 Å². The third-order valence-electron chi connectivity index (χ3n) is 4.06. The number of amides is 1. The first kappa shape index (κ1) is 15.4. The first-order valence-corrected chi connectivity index (χ1v) is 7.21. The van der Waals surface area contributed by atoms with E-state index in [-0.39, 0.29) is 18.1 Å². The van der Waals surface area contributed by atoms with E-state index in [9.17, 15) is 14.9 Å². The summed E-state index contributed by atoms with van der Waals surface area (Å²) in [6, 6.07) is 6.26. The summed E-state index contributed by atoms with van der Waals surface area (Å²) in [5, 5.41) is 13.5. The standard InChI is InChI=1S/C15H21N3O3/c1-11-4-3-7-15(16,9-11)14(19)17-10-12-5-2-6-13(8-12)18(20)21/h2,5-6,8,11H,3-4,7,9-10,16H2,1H3,(H,17,19). The second-order valence-electron chi connectivity index (χ2n) is 5.97. The molecular formula is C15H21N3O3. The zero-order chi connectivity index (χ0) is 15.5. The van der Waals surface area contributed by atoms with E-state index < -0.39 is 10.5 Å². The number of nitrogens with one attached hydrogen (secondary N) is 1. The molecule has 6 nitrogen and oxygen atoms in total. The van der Waals surface area contributed by atoms with Crippen LogP contribution in [0.3, 0.4) is 0 Å². The maximum absolute atomic E-state index is 12.3. The molecule has 114 valence electrons. The number of nitro groups is 1. The second-order valence-corrected chi connectivity index (χ2v) is 5.97. The molecule has 0 bridgehead atoms. The van der Waals surface area contributed by atoms with Gasteiger partial charge in [0.1, 0.15) is 0 Å². The van der Waals surface area contributed by atoms with Crippen LogP contribution in [-0.4, -0.2) is 16.4 Å². The van der Waals surface area contributed by atoms with Gasteiger partial charge in [0.2, 0.25) is 5.91 Å². The summed E-state index contributed by atoms with van der Waals surface area (Å²) in [6.07, 6.45) is 3.45. The number of nitro benzene ring substituents is 1. The topological polar surface area (TPSA) is 98.3 Å². The number of rotatable bonds is 4. The van der Waals surface area contributed by atoms with Gasteiger partial charge in [0.15, 0.2) is 0 Å². The Morgan fingerprint density at radius 2 is 2.33 bits per heavy atom. The summed E-state index contributed by atoms with van der Waals surface area (Å²) in [5.41, 5.74) is 6.13. The van der Waals surface area contributed by atoms with Crippen LogP contribution >= 0.6 is 0 Å². The molecule has 1 aliphatic carbocycles. The van der Waals surface area contributed by atoms with Crippen LogP contribution in [0.4, 0.5) is 5.69 Å². The van der Waals surface area contributed by atoms with E-state index in [0.717, 1.165) is 12.8 Å². The van der Waals surface area contributed by atoms with E-state index in [2.05, 4.69) is 12.2 Å². The average molecular weight is 291 g/mol. The molecule has 1 aromatic rings. The number of nitrogens with two attached hydrogens (primary N) is 1. The fraction of sp³-hybridized carbons (Fsp3) is 0.533. The number of carbonyl (C=O) groups excluding carboxylic acids is 1. The molecule has 0 aliphatic heterocycles. The molecule has 6 heteroatoms. The largest absolute Gasteiger partial charge is 0.350 e. The summed E-state index contributed by atoms with van der Waals surface area (Å²) in [6.45, 7) is 2.36. The Morgan fingerprint density at radius 1 is 1.57 bits per heavy atom. The molecule has 0 saturated heterocycles. The zero-order valence-electron chi connectivity index (χ0n) is 12.2. The zero-order valence-corrected chi connectivity index (χ0v) is 12.2. The van der Waals surface area contributed by atoms with Crippen LogP contribution in [0.1, 0.15) is 38.2 Å². The summed E-state index contributed by atoms with van der Waals surface area (Å²) in [7, 11) is 0. The molecule has 0 spiro atoms. The molecule has 0 radical (unpaired) electrons. The lowest BCUT2D eigenvalue weighted by atomic mass is 9.76. The normalized spacial score (nSPS) is 25.3. The molecular weight excluding hydrogens is 270 g/mol. The minimum absolute atomic E-state index is 0.0236. The van der Waals surface area contributed by atoms with Gasteiger partial charge in [-0.25, -0.2) is 0 Å². The molecule has 2 rings (SSSR count). The van der Waals surface area contributed by atoms with E-state index in [1.165, 1.54) is 12.1 Å². The number of hydrogen-bond donors (Lipinski definition) is 2. The van der Waals surface area contributed by atoms with Crippen molar-refractivity contribution in [1.82, 2.24) is 5.32 Å². The van der Waals surface area contributed by atoms with Gasteiger partial charge in [0.25, 0.3) is 5.69 Å². The van der Waals surface area contributed by atoms with Crippen molar-refractivity contribution in [3.05, 3.63) is 39.9 Å². The van der Waals surface area contributed by atoms with Crippen molar-refractivity contribution in [3.63, 3.8) is 0 Å². The van der Waals surface area contributed by atoms with Crippen molar-refractivity contribution in [3.8, 4) is 0 Å². The van der Waals surface area contributed by atoms with E-state index in [1.54, 1.807) is 12.1 Å². The van der Waals surface area contributed by atoms with Crippen LogP contribution in [-0.2, 0) is 11.3 Å². The Bertz CT molecular complexity index is 547. The molecule has 1 aliphatic rings. The smallest absolute Gasteiger partial charge is 0.269 e. The SMILES string of the molecule is CC1CCCC(N)(C(=O)NCc2cccc([N+](=O)[O-])c2)C1. The van der Waals surface area contributed by atoms with Gasteiger partial charge >= 0.3 is 0 Å². The average Bonchev–Trinajstić information content (AvgIpc) is 2.44. The fourth-order valence-corrected chi connectivity index (χ4v) is 2.94. The lowest BCUT2D eigenvalue weighted by molar-refractivity contribution is -0.384. The highest BCUT2D eigenvalue weighted by atomic mass is 16.6. The number of carbonyl (C=O) groups is 1. The molecule has 0 heterocycles. The highest BCUT2D eigenvalue weighted by Gasteiger charge is 2.37. The number of hydrogen-bond acceptors (Lipinski definition) is 4. The van der Waals surface area contributed by atoms with Crippen molar-refractivity contribution < 1.29 is 9.72 Å². The molecule has 0 aromatic heterocycles. The predicted molar refractivity (Wildman–Crippen MR) is 79.5 cm³/mol. The third-order valence-corrected chi connectivity index (χ3v) is 4.06. The molecule has 1 amide bonds. The lowest BCUT2D eigenvalue weighted by Crippen LogP contribution is -2.56. The Hall–Kier alpha value is -1.95. The molecule has 1 fully saturated rings. The van der Waals surface area contributed by atoms with Crippen LogP contribution in [0.2, 0.25) is 0 Å². The maximum Gasteiger partial charge on any atom is 0.269 e. The van der Waals surface area contributed by atoms with Gasteiger partial charge in [-0.1, -0.05) is 31.9 Å². The number of non-ortho nitro benzene ring substituents is 1. The predicted octanol–water partition coefficient (Wildman–Crippen LogP) is 2.12. The molecule has 3 N–H and O–H groups in total. The summed E-state index contributed by atoms with van der Waals surface area (Å²) < 4.78 is 0. The van der Waals surface area contributed by atoms with Gasteiger partial charge in [0, 0.05) is 18.7 Å². The van der Waals surface area contributed by atoms with Crippen LogP contribution in [0.5, 0.6) is 0 Å². The van der Waals surface area contributed by atoms with Crippen LogP contribution in [0, 0.1) is 16.0 Å². The maximum atomic E-state index is 12.3. The van der Waals surface area contributed by atoms with E-state index in [1.807, 2.05) is 0 Å². The van der Waals surface area contributed by atoms with Gasteiger partial charge in [0.05, 0.1) is 10.5 Å². The highest BCUT2D eigenvalue weighted by molar-refractivity contribution is 5.86. The first-order valence-electron chi connectivity index (χ1n) is 7.21. The monoisotopic (exact) mass is 291 g/mol. The van der Waals surface area contributed by atoms with Gasteiger partial charge < -0.3 is 11.1 Å². The van der Waals surface area contributed by atoms with Gasteiger partial charge in [-0.2, -0.15) is 0 Å². The summed E-state index contributed by atoms with van der Waals surface area (Å²) in [5.74, 6) is 0.285. The summed E-state index contributed by atoms with van der Waals surface area (Å²) in [4.78, 5) is 22.6. The van der Waals surface area contributed by atoms with Crippen molar-refractivity contribution in [2.45, 2.75) is 44.7 Å². The number of nitrogens with zero attached hydrogens (tertiary/aromatic N) is 1. The Balaban J connectivity index is 1.97. The molecule has 21 heavy (non-hydrogen) atoms. The lowest BCUT2D eigenvalue weighted by Gasteiger charge is -2.35. The molecule has 1 saturated carbocycles. The van der Waals surface area contributed by atoms with Crippen molar-refractivity contribution in [2.75, 3.05) is 0 Å². The quantitative estimate of drug-likeness (QED) is 0.655. The Labute approximate surface area is 123 Å². The Kier molecular flexibility index (Phi) is 4.57. The highest BCUT2D eigenvalue weighted by Crippen LogP contribution is 2.30. The van der Waals surface area contributed by atoms with Crippen LogP contribution in [0.25, 0.3) is 0 Å². The summed E-state index contributed by atoms with van der Waals surface area (Å²) >= 11 is 0. The minimum Gasteiger partial charge on any atom is -0.350 e. The van der Waals surface area contributed by atoms with Crippen LogP contribution < -0.4 is 11.1 Å². The second kappa shape index (κ2) is 6.22. The third kappa shape index (κ3) is 3.78.